The maximum absolute atomic E-state index is 10.3. The first kappa shape index (κ1) is 9.99. The van der Waals surface area contributed by atoms with Crippen molar-refractivity contribution in [1.29, 1.82) is 0 Å². The van der Waals surface area contributed by atoms with Gasteiger partial charge in [-0.05, 0) is 0 Å². The molecule has 0 aliphatic rings. The Hall–Kier alpha value is -1.01. The van der Waals surface area contributed by atoms with E-state index in [-0.39, 0.29) is 13.1 Å². The van der Waals surface area contributed by atoms with Crippen molar-refractivity contribution in [2.45, 2.75) is 0 Å². The van der Waals surface area contributed by atoms with E-state index in [0.29, 0.717) is 4.31 Å². The Morgan fingerprint density at radius 2 is 1.64 bits per heavy atom. The van der Waals surface area contributed by atoms with Gasteiger partial charge in [0.05, 0.1) is 13.1 Å². The van der Waals surface area contributed by atoms with Crippen molar-refractivity contribution in [2.24, 2.45) is 0 Å². The van der Waals surface area contributed by atoms with Gasteiger partial charge in [-0.1, -0.05) is 11.8 Å². The van der Waals surface area contributed by atoms with Gasteiger partial charge in [-0.25, -0.2) is 8.42 Å². The van der Waals surface area contributed by atoms with Crippen LogP contribution >= 0.6 is 0 Å². The smallest absolute Gasteiger partial charge is 0.163 e. The van der Waals surface area contributed by atoms with Gasteiger partial charge in [0.1, 0.15) is 0 Å². The van der Waals surface area contributed by atoms with Crippen LogP contribution in [-0.4, -0.2) is 30.4 Å². The summed E-state index contributed by atoms with van der Waals surface area (Å²) in [6, 6.07) is 0. The molecule has 0 bridgehead atoms. The summed E-state index contributed by atoms with van der Waals surface area (Å²) in [6.07, 6.45) is 9.59. The average molecular weight is 172 g/mol. The van der Waals surface area contributed by atoms with Gasteiger partial charge >= 0.3 is 0 Å². The SMILES string of the molecule is C#CCN(CC#C)S(=O)(=O)[O-]. The molecule has 0 fully saturated rings. The van der Waals surface area contributed by atoms with Gasteiger partial charge in [-0.15, -0.1) is 12.8 Å². The number of hydrogen-bond acceptors (Lipinski definition) is 3. The van der Waals surface area contributed by atoms with Crippen LogP contribution in [0.25, 0.3) is 0 Å². The summed E-state index contributed by atoms with van der Waals surface area (Å²) < 4.78 is 31.4. The van der Waals surface area contributed by atoms with Gasteiger partial charge < -0.3 is 4.55 Å². The Labute approximate surface area is 66.1 Å². The fourth-order valence-electron chi connectivity index (χ4n) is 0.418. The first-order valence-electron chi connectivity index (χ1n) is 2.60. The van der Waals surface area contributed by atoms with Crippen LogP contribution in [0, 0.1) is 24.7 Å². The molecule has 0 aromatic carbocycles. The number of terminal acetylenes is 2. The normalized spacial score (nSPS) is 10.5. The molecule has 4 nitrogen and oxygen atoms in total. The molecule has 0 amide bonds. The summed E-state index contributed by atoms with van der Waals surface area (Å²) in [6.45, 7) is -0.563. The highest BCUT2D eigenvalue weighted by molar-refractivity contribution is 7.83. The van der Waals surface area contributed by atoms with E-state index < -0.39 is 10.3 Å². The predicted molar refractivity (Wildman–Crippen MR) is 38.9 cm³/mol. The fourth-order valence-corrected chi connectivity index (χ4v) is 0.883. The standard InChI is InChI=1S/C6H7NO3S/c1-3-5-7(6-4-2)11(8,9)10/h1-2H,5-6H2,(H,8,9,10)/p-1. The van der Waals surface area contributed by atoms with E-state index >= 15 is 0 Å². The van der Waals surface area contributed by atoms with Crippen LogP contribution in [0.4, 0.5) is 0 Å². The number of nitrogens with zero attached hydrogens (tertiary/aromatic N) is 1. The second-order valence-corrected chi connectivity index (χ2v) is 3.01. The molecule has 0 atom stereocenters. The van der Waals surface area contributed by atoms with Crippen LogP contribution < -0.4 is 0 Å². The summed E-state index contributed by atoms with van der Waals surface area (Å²) in [5, 5.41) is 0. The van der Waals surface area contributed by atoms with E-state index in [1.807, 2.05) is 11.8 Å². The molecule has 60 valence electrons. The Kier molecular flexibility index (Phi) is 3.63. The highest BCUT2D eigenvalue weighted by atomic mass is 32.2. The largest absolute Gasteiger partial charge is 0.735 e. The van der Waals surface area contributed by atoms with Crippen molar-refractivity contribution in [3.8, 4) is 24.7 Å². The Balaban J connectivity index is 4.41. The number of hydrogen-bond donors (Lipinski definition) is 0. The molecule has 0 saturated carbocycles. The van der Waals surface area contributed by atoms with E-state index in [0.717, 1.165) is 0 Å². The van der Waals surface area contributed by atoms with Crippen LogP contribution in [0.5, 0.6) is 0 Å². The van der Waals surface area contributed by atoms with Crippen LogP contribution in [0.2, 0.25) is 0 Å². The summed E-state index contributed by atoms with van der Waals surface area (Å²) in [5.41, 5.74) is 0. The Bertz CT molecular complexity index is 277. The third-order valence-electron chi connectivity index (χ3n) is 0.852. The Morgan fingerprint density at radius 1 is 1.27 bits per heavy atom. The minimum Gasteiger partial charge on any atom is -0.735 e. The molecule has 0 rings (SSSR count). The third kappa shape index (κ3) is 3.64. The topological polar surface area (TPSA) is 60.4 Å². The minimum absolute atomic E-state index is 0.282. The maximum Gasteiger partial charge on any atom is 0.163 e. The van der Waals surface area contributed by atoms with E-state index in [4.69, 9.17) is 12.8 Å². The highest BCUT2D eigenvalue weighted by Crippen LogP contribution is 1.93. The second kappa shape index (κ2) is 3.99. The van der Waals surface area contributed by atoms with Crippen molar-refractivity contribution in [1.82, 2.24) is 4.31 Å². The molecule has 0 unspecified atom stereocenters. The molecule has 0 saturated heterocycles. The van der Waals surface area contributed by atoms with Crippen molar-refractivity contribution >= 4 is 10.3 Å². The molecule has 0 spiro atoms. The summed E-state index contributed by atoms with van der Waals surface area (Å²) in [5.74, 6) is 4.02. The van der Waals surface area contributed by atoms with E-state index in [1.165, 1.54) is 0 Å². The fraction of sp³-hybridized carbons (Fsp3) is 0.333. The van der Waals surface area contributed by atoms with E-state index in [2.05, 4.69) is 0 Å². The zero-order valence-corrected chi connectivity index (χ0v) is 6.47. The summed E-state index contributed by atoms with van der Waals surface area (Å²) in [4.78, 5) is 0. The van der Waals surface area contributed by atoms with Crippen molar-refractivity contribution in [3.63, 3.8) is 0 Å². The van der Waals surface area contributed by atoms with Gasteiger partial charge in [0.15, 0.2) is 10.3 Å². The quantitative estimate of drug-likeness (QED) is 0.406. The zero-order valence-electron chi connectivity index (χ0n) is 5.65. The zero-order chi connectivity index (χ0) is 8.91. The molecule has 0 N–H and O–H groups in total. The molecule has 0 aromatic heterocycles. The predicted octanol–water partition coefficient (Wildman–Crippen LogP) is -0.985. The first-order chi connectivity index (χ1) is 5.02. The highest BCUT2D eigenvalue weighted by Gasteiger charge is 2.07. The van der Waals surface area contributed by atoms with Crippen molar-refractivity contribution < 1.29 is 13.0 Å². The lowest BCUT2D eigenvalue weighted by molar-refractivity contribution is 0.379. The lowest BCUT2D eigenvalue weighted by atomic mass is 10.6. The van der Waals surface area contributed by atoms with Crippen LogP contribution in [0.3, 0.4) is 0 Å². The second-order valence-electron chi connectivity index (χ2n) is 1.63. The monoisotopic (exact) mass is 172 g/mol. The van der Waals surface area contributed by atoms with E-state index in [9.17, 15) is 13.0 Å². The lowest BCUT2D eigenvalue weighted by Gasteiger charge is -2.19. The van der Waals surface area contributed by atoms with Crippen LogP contribution in [-0.2, 0) is 10.3 Å². The Morgan fingerprint density at radius 3 is 1.82 bits per heavy atom. The van der Waals surface area contributed by atoms with Gasteiger partial charge in [-0.2, -0.15) is 4.31 Å². The number of rotatable bonds is 3. The molecule has 11 heavy (non-hydrogen) atoms. The average Bonchev–Trinajstić information content (AvgIpc) is 1.85. The molecule has 0 aliphatic heterocycles. The minimum atomic E-state index is -4.49. The molecule has 0 aliphatic carbocycles. The van der Waals surface area contributed by atoms with Crippen molar-refractivity contribution in [3.05, 3.63) is 0 Å². The van der Waals surface area contributed by atoms with Crippen LogP contribution in [0.1, 0.15) is 0 Å². The van der Waals surface area contributed by atoms with E-state index in [1.54, 1.807) is 0 Å². The summed E-state index contributed by atoms with van der Waals surface area (Å²) in [7, 11) is -4.49. The lowest BCUT2D eigenvalue weighted by Crippen LogP contribution is -2.31. The summed E-state index contributed by atoms with van der Waals surface area (Å²) >= 11 is 0. The molecule has 0 radical (unpaired) electrons. The first-order valence-corrected chi connectivity index (χ1v) is 3.96. The van der Waals surface area contributed by atoms with Crippen molar-refractivity contribution in [2.75, 3.05) is 13.1 Å². The molecule has 0 heterocycles. The van der Waals surface area contributed by atoms with Gasteiger partial charge in [0, 0.05) is 0 Å². The molecular weight excluding hydrogens is 166 g/mol. The van der Waals surface area contributed by atoms with Gasteiger partial charge in [0.25, 0.3) is 0 Å². The maximum atomic E-state index is 10.3. The molecule has 0 aromatic rings. The van der Waals surface area contributed by atoms with Gasteiger partial charge in [-0.3, -0.25) is 0 Å². The van der Waals surface area contributed by atoms with Crippen LogP contribution in [0.15, 0.2) is 0 Å². The van der Waals surface area contributed by atoms with Gasteiger partial charge in [0.2, 0.25) is 0 Å². The molecule has 5 heteroatoms. The third-order valence-corrected chi connectivity index (χ3v) is 1.74. The molecular formula is C6H6NO3S-.